The summed E-state index contributed by atoms with van der Waals surface area (Å²) in [7, 11) is 0. The molecule has 1 aliphatic rings. The number of piperidine rings is 1. The first-order valence-electron chi connectivity index (χ1n) is 5.00. The molecule has 69 valence electrons. The third-order valence-corrected chi connectivity index (χ3v) is 2.69. The zero-order valence-corrected chi connectivity index (χ0v) is 8.03. The third kappa shape index (κ3) is 2.10. The van der Waals surface area contributed by atoms with Gasteiger partial charge in [0.25, 0.3) is 0 Å². The average Bonchev–Trinajstić information content (AvgIpc) is 2.20. The number of benzene rings is 1. The zero-order valence-electron chi connectivity index (χ0n) is 8.03. The lowest BCUT2D eigenvalue weighted by molar-refractivity contribution is 0.384. The van der Waals surface area contributed by atoms with Gasteiger partial charge in [0.05, 0.1) is 0 Å². The molecule has 13 heavy (non-hydrogen) atoms. The van der Waals surface area contributed by atoms with Crippen molar-refractivity contribution in [2.45, 2.75) is 25.8 Å². The summed E-state index contributed by atoms with van der Waals surface area (Å²) in [4.78, 5) is 0. The SMILES string of the molecule is CC1[CH]NC(c2ccccc2)CC1. The van der Waals surface area contributed by atoms with Gasteiger partial charge in [-0.15, -0.1) is 0 Å². The fraction of sp³-hybridized carbons (Fsp3) is 0.417. The Labute approximate surface area is 80.2 Å². The third-order valence-electron chi connectivity index (χ3n) is 2.69. The van der Waals surface area contributed by atoms with E-state index < -0.39 is 0 Å². The largest absolute Gasteiger partial charge is 0.305 e. The van der Waals surface area contributed by atoms with Crippen molar-refractivity contribution in [3.05, 3.63) is 42.4 Å². The van der Waals surface area contributed by atoms with Crippen LogP contribution in [-0.4, -0.2) is 0 Å². The summed E-state index contributed by atoms with van der Waals surface area (Å²) < 4.78 is 0. The summed E-state index contributed by atoms with van der Waals surface area (Å²) in [5.41, 5.74) is 1.41. The maximum absolute atomic E-state index is 3.46. The first-order chi connectivity index (χ1) is 6.36. The van der Waals surface area contributed by atoms with Crippen molar-refractivity contribution in [1.29, 1.82) is 0 Å². The van der Waals surface area contributed by atoms with Gasteiger partial charge in [-0.3, -0.25) is 0 Å². The van der Waals surface area contributed by atoms with E-state index in [1.165, 1.54) is 18.4 Å². The second-order valence-corrected chi connectivity index (χ2v) is 3.85. The fourth-order valence-corrected chi connectivity index (χ4v) is 1.82. The Morgan fingerprint density at radius 1 is 1.15 bits per heavy atom. The van der Waals surface area contributed by atoms with Gasteiger partial charge in [0.2, 0.25) is 0 Å². The molecular weight excluding hydrogens is 158 g/mol. The van der Waals surface area contributed by atoms with Gasteiger partial charge in [0, 0.05) is 12.6 Å². The molecule has 0 aromatic heterocycles. The summed E-state index contributed by atoms with van der Waals surface area (Å²) >= 11 is 0. The van der Waals surface area contributed by atoms with Crippen LogP contribution in [0.25, 0.3) is 0 Å². The van der Waals surface area contributed by atoms with Crippen molar-refractivity contribution < 1.29 is 0 Å². The van der Waals surface area contributed by atoms with Gasteiger partial charge < -0.3 is 5.32 Å². The van der Waals surface area contributed by atoms with Crippen molar-refractivity contribution in [1.82, 2.24) is 5.32 Å². The second-order valence-electron chi connectivity index (χ2n) is 3.85. The van der Waals surface area contributed by atoms with Crippen LogP contribution in [0.2, 0.25) is 0 Å². The minimum Gasteiger partial charge on any atom is -0.305 e. The Morgan fingerprint density at radius 3 is 2.54 bits per heavy atom. The van der Waals surface area contributed by atoms with E-state index in [0.29, 0.717) is 6.04 Å². The van der Waals surface area contributed by atoms with Gasteiger partial charge in [-0.25, -0.2) is 0 Å². The van der Waals surface area contributed by atoms with Crippen LogP contribution >= 0.6 is 0 Å². The molecule has 1 aliphatic heterocycles. The summed E-state index contributed by atoms with van der Waals surface area (Å²) in [6, 6.07) is 11.2. The Morgan fingerprint density at radius 2 is 1.92 bits per heavy atom. The van der Waals surface area contributed by atoms with E-state index in [9.17, 15) is 0 Å². The van der Waals surface area contributed by atoms with E-state index >= 15 is 0 Å². The second kappa shape index (κ2) is 3.93. The molecule has 0 spiro atoms. The van der Waals surface area contributed by atoms with Crippen LogP contribution in [0.1, 0.15) is 31.4 Å². The van der Waals surface area contributed by atoms with E-state index in [1.807, 2.05) is 0 Å². The summed E-state index contributed by atoms with van der Waals surface area (Å²) in [5, 5.41) is 3.46. The normalized spacial score (nSPS) is 28.7. The van der Waals surface area contributed by atoms with Crippen LogP contribution in [0.15, 0.2) is 30.3 Å². The standard InChI is InChI=1S/C12H16N/c1-10-7-8-12(13-9-10)11-5-3-2-4-6-11/h2-6,9-10,12-13H,7-8H2,1H3. The Kier molecular flexibility index (Phi) is 2.65. The molecule has 0 amide bonds. The number of nitrogens with one attached hydrogen (secondary N) is 1. The lowest BCUT2D eigenvalue weighted by atomic mass is 9.92. The molecule has 0 bridgehead atoms. The maximum atomic E-state index is 3.46. The van der Waals surface area contributed by atoms with Crippen molar-refractivity contribution >= 4 is 0 Å². The molecule has 1 fully saturated rings. The van der Waals surface area contributed by atoms with Crippen LogP contribution in [0, 0.1) is 12.5 Å². The molecule has 1 radical (unpaired) electrons. The molecule has 0 aliphatic carbocycles. The van der Waals surface area contributed by atoms with Crippen molar-refractivity contribution in [2.75, 3.05) is 0 Å². The summed E-state index contributed by atoms with van der Waals surface area (Å²) in [6.07, 6.45) is 2.55. The molecule has 0 saturated carbocycles. The molecule has 2 atom stereocenters. The molecule has 1 aromatic carbocycles. The Hall–Kier alpha value is -0.820. The van der Waals surface area contributed by atoms with Crippen molar-refractivity contribution in [3.8, 4) is 0 Å². The quantitative estimate of drug-likeness (QED) is 0.690. The van der Waals surface area contributed by atoms with Crippen LogP contribution in [0.5, 0.6) is 0 Å². The number of hydrogen-bond acceptors (Lipinski definition) is 1. The van der Waals surface area contributed by atoms with Gasteiger partial charge in [0.15, 0.2) is 0 Å². The molecule has 1 heterocycles. The van der Waals surface area contributed by atoms with Crippen molar-refractivity contribution in [3.63, 3.8) is 0 Å². The summed E-state index contributed by atoms with van der Waals surface area (Å²) in [5.74, 6) is 0.722. The van der Waals surface area contributed by atoms with E-state index in [2.05, 4.69) is 49.1 Å². The smallest absolute Gasteiger partial charge is 0.0323 e. The van der Waals surface area contributed by atoms with Gasteiger partial charge >= 0.3 is 0 Å². The van der Waals surface area contributed by atoms with Crippen LogP contribution in [0.4, 0.5) is 0 Å². The van der Waals surface area contributed by atoms with E-state index in [0.717, 1.165) is 5.92 Å². The molecule has 2 unspecified atom stereocenters. The van der Waals surface area contributed by atoms with Gasteiger partial charge in [0.1, 0.15) is 0 Å². The zero-order chi connectivity index (χ0) is 9.10. The van der Waals surface area contributed by atoms with E-state index in [-0.39, 0.29) is 0 Å². The highest BCUT2D eigenvalue weighted by Crippen LogP contribution is 2.26. The fourth-order valence-electron chi connectivity index (χ4n) is 1.82. The lowest BCUT2D eigenvalue weighted by Gasteiger charge is -2.27. The lowest BCUT2D eigenvalue weighted by Crippen LogP contribution is -2.27. The Bertz CT molecular complexity index is 247. The molecule has 1 saturated heterocycles. The van der Waals surface area contributed by atoms with Gasteiger partial charge in [-0.1, -0.05) is 37.3 Å². The first kappa shape index (κ1) is 8.76. The van der Waals surface area contributed by atoms with E-state index in [1.54, 1.807) is 0 Å². The van der Waals surface area contributed by atoms with Crippen LogP contribution < -0.4 is 5.32 Å². The van der Waals surface area contributed by atoms with Crippen LogP contribution in [0.3, 0.4) is 0 Å². The highest BCUT2D eigenvalue weighted by atomic mass is 14.9. The molecule has 1 nitrogen and oxygen atoms in total. The molecule has 2 rings (SSSR count). The monoisotopic (exact) mass is 174 g/mol. The summed E-state index contributed by atoms with van der Waals surface area (Å²) in [6.45, 7) is 4.48. The Balaban J connectivity index is 2.03. The van der Waals surface area contributed by atoms with Crippen molar-refractivity contribution in [2.24, 2.45) is 5.92 Å². The predicted molar refractivity (Wildman–Crippen MR) is 55.0 cm³/mol. The number of hydrogen-bond donors (Lipinski definition) is 1. The highest BCUT2D eigenvalue weighted by molar-refractivity contribution is 5.19. The van der Waals surface area contributed by atoms with E-state index in [4.69, 9.17) is 0 Å². The minimum atomic E-state index is 0.539. The topological polar surface area (TPSA) is 12.0 Å². The molecular formula is C12H16N. The minimum absolute atomic E-state index is 0.539. The first-order valence-corrected chi connectivity index (χ1v) is 5.00. The van der Waals surface area contributed by atoms with Gasteiger partial charge in [-0.2, -0.15) is 0 Å². The number of rotatable bonds is 1. The maximum Gasteiger partial charge on any atom is 0.0323 e. The predicted octanol–water partition coefficient (Wildman–Crippen LogP) is 2.91. The highest BCUT2D eigenvalue weighted by Gasteiger charge is 2.18. The average molecular weight is 174 g/mol. The molecule has 1 N–H and O–H groups in total. The molecule has 1 heteroatoms. The van der Waals surface area contributed by atoms with Gasteiger partial charge in [-0.05, 0) is 24.3 Å². The molecule has 1 aromatic rings. The van der Waals surface area contributed by atoms with Crippen LogP contribution in [-0.2, 0) is 0 Å².